The summed E-state index contributed by atoms with van der Waals surface area (Å²) in [5.41, 5.74) is 2.28. The minimum Gasteiger partial charge on any atom is -0.361 e. The van der Waals surface area contributed by atoms with E-state index in [1.807, 2.05) is 18.3 Å². The number of rotatable bonds is 3. The SMILES string of the molecule is O=C(Cc1c[nH]c2ccccc12)C1CCCC1. The first kappa shape index (κ1) is 10.6. The first-order valence-corrected chi connectivity index (χ1v) is 6.42. The van der Waals surface area contributed by atoms with Crippen LogP contribution in [0.4, 0.5) is 0 Å². The molecule has 1 heterocycles. The zero-order chi connectivity index (χ0) is 11.7. The van der Waals surface area contributed by atoms with Crippen LogP contribution in [0.5, 0.6) is 0 Å². The van der Waals surface area contributed by atoms with Crippen LogP contribution in [0.15, 0.2) is 30.5 Å². The van der Waals surface area contributed by atoms with Gasteiger partial charge < -0.3 is 4.98 Å². The first-order valence-electron chi connectivity index (χ1n) is 6.42. The van der Waals surface area contributed by atoms with Crippen LogP contribution in [0.2, 0.25) is 0 Å². The molecule has 1 fully saturated rings. The summed E-state index contributed by atoms with van der Waals surface area (Å²) >= 11 is 0. The predicted molar refractivity (Wildman–Crippen MR) is 69.0 cm³/mol. The molecule has 2 aromatic rings. The van der Waals surface area contributed by atoms with Gasteiger partial charge in [-0.1, -0.05) is 31.0 Å². The van der Waals surface area contributed by atoms with Crippen molar-refractivity contribution in [3.8, 4) is 0 Å². The number of para-hydroxylation sites is 1. The summed E-state index contributed by atoms with van der Waals surface area (Å²) in [5, 5.41) is 1.19. The van der Waals surface area contributed by atoms with Crippen molar-refractivity contribution in [1.82, 2.24) is 4.98 Å². The highest BCUT2D eigenvalue weighted by Crippen LogP contribution is 2.27. The quantitative estimate of drug-likeness (QED) is 0.855. The molecule has 1 aliphatic rings. The highest BCUT2D eigenvalue weighted by molar-refractivity contribution is 5.90. The van der Waals surface area contributed by atoms with Crippen molar-refractivity contribution >= 4 is 16.7 Å². The number of fused-ring (bicyclic) bond motifs is 1. The molecule has 0 radical (unpaired) electrons. The van der Waals surface area contributed by atoms with Gasteiger partial charge in [0, 0.05) is 29.4 Å². The van der Waals surface area contributed by atoms with E-state index in [0.717, 1.165) is 23.9 Å². The summed E-state index contributed by atoms with van der Waals surface area (Å²) in [6.07, 6.45) is 7.23. The van der Waals surface area contributed by atoms with Gasteiger partial charge in [0.1, 0.15) is 5.78 Å². The van der Waals surface area contributed by atoms with Gasteiger partial charge in [-0.15, -0.1) is 0 Å². The largest absolute Gasteiger partial charge is 0.361 e. The molecule has 17 heavy (non-hydrogen) atoms. The molecule has 0 amide bonds. The fourth-order valence-corrected chi connectivity index (χ4v) is 2.86. The summed E-state index contributed by atoms with van der Waals surface area (Å²) in [6, 6.07) is 8.18. The molecule has 2 nitrogen and oxygen atoms in total. The molecule has 0 bridgehead atoms. The zero-order valence-corrected chi connectivity index (χ0v) is 9.91. The third-order valence-electron chi connectivity index (χ3n) is 3.85. The van der Waals surface area contributed by atoms with Crippen molar-refractivity contribution in [2.75, 3.05) is 0 Å². The number of aromatic nitrogens is 1. The van der Waals surface area contributed by atoms with Crippen molar-refractivity contribution in [2.45, 2.75) is 32.1 Å². The second-order valence-electron chi connectivity index (χ2n) is 4.98. The molecule has 1 N–H and O–H groups in total. The Kier molecular flexibility index (Phi) is 2.71. The summed E-state index contributed by atoms with van der Waals surface area (Å²) in [5.74, 6) is 0.746. The second-order valence-corrected chi connectivity index (χ2v) is 4.98. The summed E-state index contributed by atoms with van der Waals surface area (Å²) in [6.45, 7) is 0. The molecule has 0 atom stereocenters. The van der Waals surface area contributed by atoms with Crippen LogP contribution in [-0.2, 0) is 11.2 Å². The Morgan fingerprint density at radius 3 is 2.82 bits per heavy atom. The molecule has 1 aromatic heterocycles. The Bertz CT molecular complexity index is 535. The van der Waals surface area contributed by atoms with E-state index in [2.05, 4.69) is 17.1 Å². The Morgan fingerprint density at radius 1 is 1.24 bits per heavy atom. The predicted octanol–water partition coefficient (Wildman–Crippen LogP) is 3.47. The van der Waals surface area contributed by atoms with Gasteiger partial charge in [0.05, 0.1) is 0 Å². The average molecular weight is 227 g/mol. The van der Waals surface area contributed by atoms with Crippen molar-refractivity contribution in [3.05, 3.63) is 36.0 Å². The van der Waals surface area contributed by atoms with Gasteiger partial charge in [0.25, 0.3) is 0 Å². The lowest BCUT2D eigenvalue weighted by molar-refractivity contribution is -0.122. The molecule has 0 spiro atoms. The highest BCUT2D eigenvalue weighted by atomic mass is 16.1. The highest BCUT2D eigenvalue weighted by Gasteiger charge is 2.23. The van der Waals surface area contributed by atoms with Crippen LogP contribution in [0, 0.1) is 5.92 Å². The summed E-state index contributed by atoms with van der Waals surface area (Å²) in [7, 11) is 0. The standard InChI is InChI=1S/C15H17NO/c17-15(11-5-1-2-6-11)9-12-10-16-14-8-4-3-7-13(12)14/h3-4,7-8,10-11,16H,1-2,5-6,9H2. The zero-order valence-electron chi connectivity index (χ0n) is 9.91. The Hall–Kier alpha value is -1.57. The number of nitrogens with one attached hydrogen (secondary N) is 1. The minimum absolute atomic E-state index is 0.323. The van der Waals surface area contributed by atoms with Crippen LogP contribution in [-0.4, -0.2) is 10.8 Å². The Labute approximate surface area is 101 Å². The van der Waals surface area contributed by atoms with Crippen LogP contribution < -0.4 is 0 Å². The molecule has 1 aliphatic carbocycles. The molecular weight excluding hydrogens is 210 g/mol. The number of carbonyl (C=O) groups excluding carboxylic acids is 1. The molecule has 3 rings (SSSR count). The normalized spacial score (nSPS) is 16.7. The molecule has 0 aliphatic heterocycles. The van der Waals surface area contributed by atoms with Crippen LogP contribution in [0.3, 0.4) is 0 Å². The molecule has 2 heteroatoms. The van der Waals surface area contributed by atoms with Gasteiger partial charge in [0.2, 0.25) is 0 Å². The van der Waals surface area contributed by atoms with Gasteiger partial charge in [-0.25, -0.2) is 0 Å². The van der Waals surface area contributed by atoms with E-state index in [-0.39, 0.29) is 0 Å². The Morgan fingerprint density at radius 2 is 2.00 bits per heavy atom. The lowest BCUT2D eigenvalue weighted by atomic mass is 9.96. The molecule has 0 unspecified atom stereocenters. The van der Waals surface area contributed by atoms with Gasteiger partial charge in [0.15, 0.2) is 0 Å². The van der Waals surface area contributed by atoms with Gasteiger partial charge in [-0.05, 0) is 24.5 Å². The van der Waals surface area contributed by atoms with E-state index in [1.165, 1.54) is 18.2 Å². The number of ketones is 1. The molecule has 1 aromatic carbocycles. The van der Waals surface area contributed by atoms with Gasteiger partial charge in [-0.2, -0.15) is 0 Å². The fraction of sp³-hybridized carbons (Fsp3) is 0.400. The lowest BCUT2D eigenvalue weighted by Gasteiger charge is -2.06. The first-order chi connectivity index (χ1) is 8.34. The van der Waals surface area contributed by atoms with E-state index in [9.17, 15) is 4.79 Å². The Balaban J connectivity index is 1.82. The number of aromatic amines is 1. The van der Waals surface area contributed by atoms with E-state index in [4.69, 9.17) is 0 Å². The monoisotopic (exact) mass is 227 g/mol. The fourth-order valence-electron chi connectivity index (χ4n) is 2.86. The third kappa shape index (κ3) is 1.99. The number of benzene rings is 1. The number of H-pyrrole nitrogens is 1. The minimum atomic E-state index is 0.323. The second kappa shape index (κ2) is 4.36. The van der Waals surface area contributed by atoms with Gasteiger partial charge >= 0.3 is 0 Å². The number of carbonyl (C=O) groups is 1. The molecular formula is C15H17NO. The van der Waals surface area contributed by atoms with Crippen molar-refractivity contribution < 1.29 is 4.79 Å². The van der Waals surface area contributed by atoms with Crippen molar-refractivity contribution in [1.29, 1.82) is 0 Å². The van der Waals surface area contributed by atoms with Crippen molar-refractivity contribution in [3.63, 3.8) is 0 Å². The maximum atomic E-state index is 12.1. The smallest absolute Gasteiger partial charge is 0.140 e. The maximum absolute atomic E-state index is 12.1. The van der Waals surface area contributed by atoms with Gasteiger partial charge in [-0.3, -0.25) is 4.79 Å². The summed E-state index contributed by atoms with van der Waals surface area (Å²) < 4.78 is 0. The number of hydrogen-bond donors (Lipinski definition) is 1. The van der Waals surface area contributed by atoms with Crippen LogP contribution in [0.1, 0.15) is 31.2 Å². The average Bonchev–Trinajstić information content (AvgIpc) is 2.98. The summed E-state index contributed by atoms with van der Waals surface area (Å²) in [4.78, 5) is 15.4. The van der Waals surface area contributed by atoms with Crippen molar-refractivity contribution in [2.24, 2.45) is 5.92 Å². The van der Waals surface area contributed by atoms with E-state index >= 15 is 0 Å². The third-order valence-corrected chi connectivity index (χ3v) is 3.85. The van der Waals surface area contributed by atoms with Crippen LogP contribution >= 0.6 is 0 Å². The van der Waals surface area contributed by atoms with E-state index in [0.29, 0.717) is 18.1 Å². The lowest BCUT2D eigenvalue weighted by Crippen LogP contribution is -2.13. The molecule has 1 saturated carbocycles. The number of hydrogen-bond acceptors (Lipinski definition) is 1. The molecule has 88 valence electrons. The van der Waals surface area contributed by atoms with Crippen LogP contribution in [0.25, 0.3) is 10.9 Å². The van der Waals surface area contributed by atoms with E-state index in [1.54, 1.807) is 0 Å². The molecule has 0 saturated heterocycles. The van der Waals surface area contributed by atoms with E-state index < -0.39 is 0 Å². The topological polar surface area (TPSA) is 32.9 Å². The number of Topliss-reactive ketones (excluding diaryl/α,β-unsaturated/α-hetero) is 1. The maximum Gasteiger partial charge on any atom is 0.140 e.